The summed E-state index contributed by atoms with van der Waals surface area (Å²) in [6.45, 7) is 0. The molecule has 0 aliphatic heterocycles. The largest absolute Gasteiger partial charge is 0.472 e. The van der Waals surface area contributed by atoms with E-state index in [4.69, 9.17) is 14.1 Å². The Balaban J connectivity index is 1.65. The van der Waals surface area contributed by atoms with Gasteiger partial charge in [0.1, 0.15) is 6.26 Å². The molecular formula is C14H9N3O2S. The van der Waals surface area contributed by atoms with Crippen LogP contribution in [-0.2, 0) is 5.75 Å². The molecule has 5 nitrogen and oxygen atoms in total. The van der Waals surface area contributed by atoms with Crippen molar-refractivity contribution in [2.45, 2.75) is 11.0 Å². The summed E-state index contributed by atoms with van der Waals surface area (Å²) in [6, 6.07) is 11.3. The summed E-state index contributed by atoms with van der Waals surface area (Å²) in [5.41, 5.74) is 2.51. The number of aromatic nitrogens is 2. The minimum Gasteiger partial charge on any atom is -0.472 e. The van der Waals surface area contributed by atoms with Crippen LogP contribution in [0.1, 0.15) is 11.1 Å². The number of nitriles is 1. The van der Waals surface area contributed by atoms with Gasteiger partial charge in [-0.2, -0.15) is 5.26 Å². The Hall–Kier alpha value is -2.52. The smallest absolute Gasteiger partial charge is 0.277 e. The van der Waals surface area contributed by atoms with E-state index in [2.05, 4.69) is 16.3 Å². The third kappa shape index (κ3) is 2.73. The minimum atomic E-state index is 0.445. The molecule has 2 aromatic heterocycles. The van der Waals surface area contributed by atoms with Gasteiger partial charge in [0.05, 0.1) is 23.5 Å². The molecule has 0 radical (unpaired) electrons. The van der Waals surface area contributed by atoms with Gasteiger partial charge in [0.25, 0.3) is 11.1 Å². The fraction of sp³-hybridized carbons (Fsp3) is 0.0714. The quantitative estimate of drug-likeness (QED) is 0.682. The van der Waals surface area contributed by atoms with Crippen molar-refractivity contribution < 1.29 is 8.83 Å². The summed E-state index contributed by atoms with van der Waals surface area (Å²) in [5.74, 6) is 1.15. The van der Waals surface area contributed by atoms with Crippen LogP contribution in [0, 0.1) is 11.3 Å². The molecule has 6 heteroatoms. The average Bonchev–Trinajstić information content (AvgIpc) is 3.16. The predicted octanol–water partition coefficient (Wildman–Crippen LogP) is 3.49. The van der Waals surface area contributed by atoms with Crippen LogP contribution in [0.2, 0.25) is 0 Å². The molecule has 0 N–H and O–H groups in total. The molecule has 20 heavy (non-hydrogen) atoms. The van der Waals surface area contributed by atoms with Crippen LogP contribution in [-0.4, -0.2) is 10.2 Å². The van der Waals surface area contributed by atoms with E-state index in [0.29, 0.717) is 22.4 Å². The molecule has 2 heterocycles. The van der Waals surface area contributed by atoms with Crippen molar-refractivity contribution >= 4 is 11.8 Å². The highest BCUT2D eigenvalue weighted by Gasteiger charge is 2.10. The van der Waals surface area contributed by atoms with Gasteiger partial charge in [-0.05, 0) is 23.8 Å². The van der Waals surface area contributed by atoms with Crippen molar-refractivity contribution in [1.82, 2.24) is 10.2 Å². The summed E-state index contributed by atoms with van der Waals surface area (Å²) in [7, 11) is 0. The van der Waals surface area contributed by atoms with Crippen LogP contribution in [0.5, 0.6) is 0 Å². The Morgan fingerprint density at radius 1 is 1.15 bits per heavy atom. The van der Waals surface area contributed by atoms with Crippen molar-refractivity contribution in [1.29, 1.82) is 5.26 Å². The van der Waals surface area contributed by atoms with Gasteiger partial charge in [0, 0.05) is 5.75 Å². The zero-order valence-corrected chi connectivity index (χ0v) is 11.1. The molecule has 3 rings (SSSR count). The molecule has 1 aromatic carbocycles. The number of rotatable bonds is 4. The highest BCUT2D eigenvalue weighted by atomic mass is 32.2. The van der Waals surface area contributed by atoms with Crippen molar-refractivity contribution in [3.63, 3.8) is 0 Å². The van der Waals surface area contributed by atoms with E-state index in [9.17, 15) is 0 Å². The van der Waals surface area contributed by atoms with Gasteiger partial charge in [0.2, 0.25) is 0 Å². The lowest BCUT2D eigenvalue weighted by Gasteiger charge is -1.97. The van der Waals surface area contributed by atoms with Gasteiger partial charge in [0.15, 0.2) is 0 Å². The number of hydrogen-bond donors (Lipinski definition) is 0. The van der Waals surface area contributed by atoms with Gasteiger partial charge in [-0.3, -0.25) is 0 Å². The highest BCUT2D eigenvalue weighted by molar-refractivity contribution is 7.98. The third-order valence-corrected chi connectivity index (χ3v) is 3.51. The second-order valence-electron chi connectivity index (χ2n) is 3.98. The standard InChI is InChI=1S/C14H9N3O2S/c15-7-10-1-3-11(4-2-10)9-20-14-17-16-13(19-14)12-5-6-18-8-12/h1-6,8H,9H2. The lowest BCUT2D eigenvalue weighted by molar-refractivity contribution is 0.465. The fourth-order valence-corrected chi connectivity index (χ4v) is 2.31. The molecule has 0 unspecified atom stereocenters. The van der Waals surface area contributed by atoms with E-state index >= 15 is 0 Å². The maximum absolute atomic E-state index is 8.73. The normalized spacial score (nSPS) is 10.3. The van der Waals surface area contributed by atoms with Crippen LogP contribution in [0.25, 0.3) is 11.5 Å². The average molecular weight is 283 g/mol. The first-order valence-corrected chi connectivity index (χ1v) is 6.81. The molecule has 0 amide bonds. The van der Waals surface area contributed by atoms with Crippen LogP contribution < -0.4 is 0 Å². The topological polar surface area (TPSA) is 75.8 Å². The lowest BCUT2D eigenvalue weighted by Crippen LogP contribution is -1.81. The Labute approximate surface area is 119 Å². The Kier molecular flexibility index (Phi) is 3.52. The molecule has 0 aliphatic rings. The van der Waals surface area contributed by atoms with Gasteiger partial charge in [-0.15, -0.1) is 10.2 Å². The zero-order valence-electron chi connectivity index (χ0n) is 10.3. The van der Waals surface area contributed by atoms with Crippen molar-refractivity contribution in [3.05, 3.63) is 54.0 Å². The monoisotopic (exact) mass is 283 g/mol. The fourth-order valence-electron chi connectivity index (χ4n) is 1.59. The maximum atomic E-state index is 8.73. The Bertz CT molecular complexity index is 727. The van der Waals surface area contributed by atoms with Gasteiger partial charge >= 0.3 is 0 Å². The van der Waals surface area contributed by atoms with E-state index in [1.165, 1.54) is 11.8 Å². The molecule has 0 bridgehead atoms. The van der Waals surface area contributed by atoms with Gasteiger partial charge < -0.3 is 8.83 Å². The summed E-state index contributed by atoms with van der Waals surface area (Å²) in [5, 5.41) is 17.2. The first kappa shape index (κ1) is 12.5. The second kappa shape index (κ2) is 5.63. The Morgan fingerprint density at radius 2 is 2.00 bits per heavy atom. The molecule has 0 aliphatic carbocycles. The minimum absolute atomic E-state index is 0.445. The van der Waals surface area contributed by atoms with Crippen LogP contribution in [0.15, 0.2) is 56.9 Å². The first-order chi connectivity index (χ1) is 9.85. The van der Waals surface area contributed by atoms with Crippen LogP contribution in [0.3, 0.4) is 0 Å². The SMILES string of the molecule is N#Cc1ccc(CSc2nnc(-c3ccoc3)o2)cc1. The number of benzene rings is 1. The van der Waals surface area contributed by atoms with E-state index in [1.807, 2.05) is 12.1 Å². The van der Waals surface area contributed by atoms with E-state index in [1.54, 1.807) is 30.7 Å². The van der Waals surface area contributed by atoms with E-state index in [0.717, 1.165) is 11.1 Å². The molecule has 3 aromatic rings. The molecule has 0 saturated carbocycles. The molecular weight excluding hydrogens is 274 g/mol. The molecule has 0 atom stereocenters. The Morgan fingerprint density at radius 3 is 2.70 bits per heavy atom. The zero-order chi connectivity index (χ0) is 13.8. The van der Waals surface area contributed by atoms with Crippen molar-refractivity contribution in [2.24, 2.45) is 0 Å². The van der Waals surface area contributed by atoms with Crippen molar-refractivity contribution in [2.75, 3.05) is 0 Å². The molecule has 98 valence electrons. The van der Waals surface area contributed by atoms with Gasteiger partial charge in [-0.1, -0.05) is 23.9 Å². The first-order valence-electron chi connectivity index (χ1n) is 5.83. The number of thioether (sulfide) groups is 1. The molecule has 0 saturated heterocycles. The summed E-state index contributed by atoms with van der Waals surface area (Å²) < 4.78 is 10.5. The summed E-state index contributed by atoms with van der Waals surface area (Å²) in [6.07, 6.45) is 3.12. The van der Waals surface area contributed by atoms with Crippen LogP contribution in [0.4, 0.5) is 0 Å². The number of nitrogens with zero attached hydrogens (tertiary/aromatic N) is 3. The van der Waals surface area contributed by atoms with Crippen LogP contribution >= 0.6 is 11.8 Å². The second-order valence-corrected chi connectivity index (χ2v) is 4.91. The molecule has 0 fully saturated rings. The lowest BCUT2D eigenvalue weighted by atomic mass is 10.2. The number of furan rings is 1. The third-order valence-electron chi connectivity index (χ3n) is 2.62. The maximum Gasteiger partial charge on any atom is 0.277 e. The van der Waals surface area contributed by atoms with Gasteiger partial charge in [-0.25, -0.2) is 0 Å². The highest BCUT2D eigenvalue weighted by Crippen LogP contribution is 2.25. The van der Waals surface area contributed by atoms with E-state index < -0.39 is 0 Å². The summed E-state index contributed by atoms with van der Waals surface area (Å²) >= 11 is 1.45. The van der Waals surface area contributed by atoms with E-state index in [-0.39, 0.29) is 0 Å². The molecule has 0 spiro atoms. The predicted molar refractivity (Wildman–Crippen MR) is 72.7 cm³/mol. The van der Waals surface area contributed by atoms with Crippen molar-refractivity contribution in [3.8, 4) is 17.5 Å². The number of hydrogen-bond acceptors (Lipinski definition) is 6. The summed E-state index contributed by atoms with van der Waals surface area (Å²) in [4.78, 5) is 0.